The molecule has 1 amide bonds. The van der Waals surface area contributed by atoms with Gasteiger partial charge in [0.2, 0.25) is 0 Å². The van der Waals surface area contributed by atoms with Crippen LogP contribution in [0.25, 0.3) is 21.8 Å². The van der Waals surface area contributed by atoms with E-state index in [2.05, 4.69) is 44.4 Å². The predicted molar refractivity (Wildman–Crippen MR) is 152 cm³/mol. The molecule has 1 fully saturated rings. The van der Waals surface area contributed by atoms with Crippen molar-refractivity contribution in [3.63, 3.8) is 0 Å². The number of sulfone groups is 1. The number of nitrogens with one attached hydrogen (secondary N) is 2. The van der Waals surface area contributed by atoms with Gasteiger partial charge in [-0.25, -0.2) is 17.8 Å². The first-order valence-corrected chi connectivity index (χ1v) is 15.1. The minimum absolute atomic E-state index is 0.0183. The van der Waals surface area contributed by atoms with E-state index in [9.17, 15) is 17.6 Å². The fourth-order valence-corrected chi connectivity index (χ4v) is 5.75. The van der Waals surface area contributed by atoms with E-state index in [0.29, 0.717) is 16.3 Å². The highest BCUT2D eigenvalue weighted by molar-refractivity contribution is 7.90. The average molecular weight is 570 g/mol. The van der Waals surface area contributed by atoms with Gasteiger partial charge in [0.05, 0.1) is 23.4 Å². The molecule has 0 radical (unpaired) electrons. The Labute approximate surface area is 231 Å². The first-order chi connectivity index (χ1) is 19.0. The van der Waals surface area contributed by atoms with E-state index in [4.69, 9.17) is 4.74 Å². The van der Waals surface area contributed by atoms with Crippen molar-refractivity contribution < 1.29 is 22.3 Å². The van der Waals surface area contributed by atoms with Crippen LogP contribution in [0.2, 0.25) is 0 Å². The number of piperazine rings is 1. The first-order valence-electron chi connectivity index (χ1n) is 13.0. The third-order valence-corrected chi connectivity index (χ3v) is 7.70. The molecule has 2 N–H and O–H groups in total. The minimum atomic E-state index is -3.12. The second-order valence-corrected chi connectivity index (χ2v) is 12.7. The van der Waals surface area contributed by atoms with Crippen LogP contribution in [0.3, 0.4) is 0 Å². The standard InChI is InChI=1S/C27H32FN7O4S/c1-16-13-35(14-17(2)30-16)23-7-6-20(25-21(23)12-29-27(32-25)39-8-5-9-40(4,37)38)26(36)31-19-10-18-15-34(3)33-24(18)22(28)11-19/h6-7,10-12,15-17,30H,5,8-9,13-14H2,1-4H3,(H,31,36)/t16-,17-/m1/s1. The lowest BCUT2D eigenvalue weighted by Crippen LogP contribution is -2.54. The van der Waals surface area contributed by atoms with Gasteiger partial charge in [-0.05, 0) is 44.5 Å². The number of amides is 1. The minimum Gasteiger partial charge on any atom is -0.463 e. The van der Waals surface area contributed by atoms with Gasteiger partial charge < -0.3 is 20.3 Å². The van der Waals surface area contributed by atoms with Crippen molar-refractivity contribution in [2.45, 2.75) is 32.4 Å². The summed E-state index contributed by atoms with van der Waals surface area (Å²) in [4.78, 5) is 24.7. The summed E-state index contributed by atoms with van der Waals surface area (Å²) in [5, 5.41) is 11.6. The molecule has 1 aliphatic rings. The monoisotopic (exact) mass is 569 g/mol. The number of aromatic nitrogens is 4. The van der Waals surface area contributed by atoms with Crippen LogP contribution in [-0.4, -0.2) is 77.9 Å². The molecule has 1 aliphatic heterocycles. The number of ether oxygens (including phenoxy) is 1. The van der Waals surface area contributed by atoms with Gasteiger partial charge >= 0.3 is 6.01 Å². The van der Waals surface area contributed by atoms with Crippen LogP contribution < -0.4 is 20.3 Å². The zero-order valence-electron chi connectivity index (χ0n) is 22.8. The number of rotatable bonds is 8. The predicted octanol–water partition coefficient (Wildman–Crippen LogP) is 2.91. The normalized spacial score (nSPS) is 17.9. The number of halogens is 1. The van der Waals surface area contributed by atoms with Gasteiger partial charge in [0.15, 0.2) is 5.82 Å². The number of carbonyl (C=O) groups is 1. The van der Waals surface area contributed by atoms with Gasteiger partial charge in [0, 0.05) is 73.0 Å². The Hall–Kier alpha value is -3.84. The third kappa shape index (κ3) is 6.15. The van der Waals surface area contributed by atoms with Crippen LogP contribution in [0.4, 0.5) is 15.8 Å². The zero-order valence-corrected chi connectivity index (χ0v) is 23.6. The highest BCUT2D eigenvalue weighted by Crippen LogP contribution is 2.31. The molecular formula is C27H32FN7O4S. The summed E-state index contributed by atoms with van der Waals surface area (Å²) in [5.41, 5.74) is 2.05. The van der Waals surface area contributed by atoms with Crippen molar-refractivity contribution in [2.75, 3.05) is 41.9 Å². The second kappa shape index (κ2) is 11.0. The molecule has 0 aliphatic carbocycles. The van der Waals surface area contributed by atoms with E-state index in [1.165, 1.54) is 17.0 Å². The van der Waals surface area contributed by atoms with Gasteiger partial charge in [-0.15, -0.1) is 0 Å². The summed E-state index contributed by atoms with van der Waals surface area (Å²) < 4.78 is 44.7. The van der Waals surface area contributed by atoms with Crippen LogP contribution in [0.1, 0.15) is 30.6 Å². The number of benzene rings is 2. The summed E-state index contributed by atoms with van der Waals surface area (Å²) in [6, 6.07) is 7.03. The molecule has 212 valence electrons. The Morgan fingerprint density at radius 1 is 1.20 bits per heavy atom. The number of fused-ring (bicyclic) bond motifs is 2. The first kappa shape index (κ1) is 27.7. The maximum Gasteiger partial charge on any atom is 0.316 e. The molecule has 2 atom stereocenters. The van der Waals surface area contributed by atoms with Crippen LogP contribution in [0.5, 0.6) is 6.01 Å². The maximum atomic E-state index is 14.6. The maximum absolute atomic E-state index is 14.6. The number of hydrogen-bond donors (Lipinski definition) is 2. The smallest absolute Gasteiger partial charge is 0.316 e. The molecule has 0 bridgehead atoms. The third-order valence-electron chi connectivity index (χ3n) is 6.67. The fraction of sp³-hybridized carbons (Fsp3) is 0.407. The lowest BCUT2D eigenvalue weighted by molar-refractivity contribution is 0.102. The fourth-order valence-electron chi connectivity index (χ4n) is 5.11. The average Bonchev–Trinajstić information content (AvgIpc) is 3.25. The number of anilines is 2. The van der Waals surface area contributed by atoms with E-state index in [1.54, 1.807) is 31.6 Å². The Balaban J connectivity index is 1.49. The van der Waals surface area contributed by atoms with Gasteiger partial charge in [-0.2, -0.15) is 10.1 Å². The van der Waals surface area contributed by atoms with Crippen molar-refractivity contribution in [1.82, 2.24) is 25.1 Å². The Morgan fingerprint density at radius 3 is 2.67 bits per heavy atom. The van der Waals surface area contributed by atoms with E-state index in [0.717, 1.165) is 18.8 Å². The summed E-state index contributed by atoms with van der Waals surface area (Å²) in [6.07, 6.45) is 4.75. The Bertz CT molecular complexity index is 1680. The number of carbonyl (C=O) groups excluding carboxylic acids is 1. The van der Waals surface area contributed by atoms with Crippen LogP contribution in [0, 0.1) is 5.82 Å². The summed E-state index contributed by atoms with van der Waals surface area (Å²) in [6.45, 7) is 5.86. The Morgan fingerprint density at radius 2 is 1.95 bits per heavy atom. The van der Waals surface area contributed by atoms with Gasteiger partial charge in [0.1, 0.15) is 15.4 Å². The molecule has 2 aromatic heterocycles. The summed E-state index contributed by atoms with van der Waals surface area (Å²) >= 11 is 0. The molecule has 3 heterocycles. The summed E-state index contributed by atoms with van der Waals surface area (Å²) in [7, 11) is -1.42. The molecule has 5 rings (SSSR count). The van der Waals surface area contributed by atoms with Crippen molar-refractivity contribution >= 4 is 48.9 Å². The molecule has 2 aromatic carbocycles. The lowest BCUT2D eigenvalue weighted by atomic mass is 10.0. The zero-order chi connectivity index (χ0) is 28.6. The summed E-state index contributed by atoms with van der Waals surface area (Å²) in [5.74, 6) is -1.03. The second-order valence-electron chi connectivity index (χ2n) is 10.4. The van der Waals surface area contributed by atoms with Crippen molar-refractivity contribution in [1.29, 1.82) is 0 Å². The highest BCUT2D eigenvalue weighted by atomic mass is 32.2. The molecule has 4 aromatic rings. The topological polar surface area (TPSA) is 131 Å². The highest BCUT2D eigenvalue weighted by Gasteiger charge is 2.25. The largest absolute Gasteiger partial charge is 0.463 e. The molecule has 0 saturated carbocycles. The Kier molecular flexibility index (Phi) is 7.60. The lowest BCUT2D eigenvalue weighted by Gasteiger charge is -2.38. The van der Waals surface area contributed by atoms with Crippen LogP contribution >= 0.6 is 0 Å². The SMILES string of the molecule is C[C@@H]1CN(c2ccc(C(=O)Nc3cc(F)c4nn(C)cc4c3)c3nc(OCCCS(C)(=O)=O)ncc23)C[C@@H](C)N1. The molecule has 11 nitrogen and oxygen atoms in total. The van der Waals surface area contributed by atoms with Crippen LogP contribution in [-0.2, 0) is 16.9 Å². The molecule has 0 spiro atoms. The van der Waals surface area contributed by atoms with Crippen molar-refractivity contribution in [3.8, 4) is 6.01 Å². The molecule has 40 heavy (non-hydrogen) atoms. The molecule has 13 heteroatoms. The van der Waals surface area contributed by atoms with E-state index < -0.39 is 21.6 Å². The quantitative estimate of drug-likeness (QED) is 0.308. The number of nitrogens with zero attached hydrogens (tertiary/aromatic N) is 5. The van der Waals surface area contributed by atoms with E-state index >= 15 is 0 Å². The van der Waals surface area contributed by atoms with Gasteiger partial charge in [0.25, 0.3) is 5.91 Å². The van der Waals surface area contributed by atoms with E-state index in [-0.39, 0.29) is 53.6 Å². The van der Waals surface area contributed by atoms with E-state index in [1.807, 2.05) is 6.07 Å². The number of hydrogen-bond acceptors (Lipinski definition) is 9. The van der Waals surface area contributed by atoms with Crippen molar-refractivity contribution in [2.24, 2.45) is 7.05 Å². The van der Waals surface area contributed by atoms with Gasteiger partial charge in [-0.3, -0.25) is 9.48 Å². The number of aryl methyl sites for hydroxylation is 1. The van der Waals surface area contributed by atoms with Crippen LogP contribution in [0.15, 0.2) is 36.7 Å². The van der Waals surface area contributed by atoms with Gasteiger partial charge in [-0.1, -0.05) is 0 Å². The molecular weight excluding hydrogens is 537 g/mol. The van der Waals surface area contributed by atoms with Crippen molar-refractivity contribution in [3.05, 3.63) is 48.0 Å². The molecule has 0 unspecified atom stereocenters. The molecule has 1 saturated heterocycles.